The van der Waals surface area contributed by atoms with Crippen LogP contribution in [0.3, 0.4) is 0 Å². The molecule has 0 fully saturated rings. The summed E-state index contributed by atoms with van der Waals surface area (Å²) in [7, 11) is 3.29. The molecule has 0 rings (SSSR count). The molecule has 0 atom stereocenters. The third-order valence-electron chi connectivity index (χ3n) is 1.80. The summed E-state index contributed by atoms with van der Waals surface area (Å²) < 4.78 is 10.4. The maximum atomic E-state index is 5.20. The van der Waals surface area contributed by atoms with Gasteiger partial charge in [-0.2, -0.15) is 0 Å². The summed E-state index contributed by atoms with van der Waals surface area (Å²) in [5, 5.41) is 3.31. The Bertz CT molecular complexity index is 125. The molecule has 1 N–H and O–H groups in total. The van der Waals surface area contributed by atoms with Crippen molar-refractivity contribution < 1.29 is 9.47 Å². The second kappa shape index (κ2) is 4.21. The lowest BCUT2D eigenvalue weighted by Crippen LogP contribution is -2.48. The summed E-state index contributed by atoms with van der Waals surface area (Å²) in [6.45, 7) is 8.92. The van der Waals surface area contributed by atoms with Crippen molar-refractivity contribution in [3.05, 3.63) is 0 Å². The maximum absolute atomic E-state index is 5.20. The summed E-state index contributed by atoms with van der Waals surface area (Å²) in [6, 6.07) is 0. The fourth-order valence-corrected chi connectivity index (χ4v) is 0.653. The van der Waals surface area contributed by atoms with Crippen LogP contribution in [0, 0.1) is 0 Å². The first kappa shape index (κ1) is 11.9. The predicted molar refractivity (Wildman–Crippen MR) is 50.2 cm³/mol. The fraction of sp³-hybridized carbons (Fsp3) is 1.00. The van der Waals surface area contributed by atoms with E-state index in [1.165, 1.54) is 0 Å². The molecule has 0 aromatic heterocycles. The second-order valence-electron chi connectivity index (χ2n) is 4.15. The first-order valence-electron chi connectivity index (χ1n) is 4.18. The smallest absolute Gasteiger partial charge is 0.177 e. The lowest BCUT2D eigenvalue weighted by Gasteiger charge is -2.31. The van der Waals surface area contributed by atoms with E-state index in [-0.39, 0.29) is 5.54 Å². The summed E-state index contributed by atoms with van der Waals surface area (Å²) in [5.74, 6) is -0.521. The van der Waals surface area contributed by atoms with Gasteiger partial charge in [-0.25, -0.2) is 0 Å². The molecule has 0 amide bonds. The van der Waals surface area contributed by atoms with Crippen LogP contribution in [0.1, 0.15) is 27.7 Å². The zero-order valence-electron chi connectivity index (χ0n) is 9.02. The van der Waals surface area contributed by atoms with Crippen molar-refractivity contribution in [3.8, 4) is 0 Å². The highest BCUT2D eigenvalue weighted by molar-refractivity contribution is 4.75. The first-order chi connectivity index (χ1) is 5.33. The third kappa shape index (κ3) is 4.70. The second-order valence-corrected chi connectivity index (χ2v) is 4.15. The van der Waals surface area contributed by atoms with Crippen LogP contribution in [0.25, 0.3) is 0 Å². The predicted octanol–water partition coefficient (Wildman–Crippen LogP) is 1.38. The molecule has 0 aromatic rings. The van der Waals surface area contributed by atoms with Gasteiger partial charge in [-0.15, -0.1) is 0 Å². The van der Waals surface area contributed by atoms with Crippen LogP contribution < -0.4 is 5.32 Å². The number of hydrogen-bond donors (Lipinski definition) is 1. The Morgan fingerprint density at radius 2 is 1.42 bits per heavy atom. The van der Waals surface area contributed by atoms with E-state index < -0.39 is 5.79 Å². The van der Waals surface area contributed by atoms with Crippen molar-refractivity contribution in [1.82, 2.24) is 5.32 Å². The maximum Gasteiger partial charge on any atom is 0.177 e. The Kier molecular flexibility index (Phi) is 4.17. The molecular weight excluding hydrogens is 154 g/mol. The van der Waals surface area contributed by atoms with E-state index in [2.05, 4.69) is 26.1 Å². The van der Waals surface area contributed by atoms with E-state index in [1.54, 1.807) is 14.2 Å². The lowest BCUT2D eigenvalue weighted by atomic mass is 10.1. The zero-order valence-corrected chi connectivity index (χ0v) is 9.02. The summed E-state index contributed by atoms with van der Waals surface area (Å²) in [5.41, 5.74) is 0.0956. The van der Waals surface area contributed by atoms with E-state index in [1.807, 2.05) is 6.92 Å². The molecule has 74 valence electrons. The molecule has 0 heterocycles. The topological polar surface area (TPSA) is 30.5 Å². The fourth-order valence-electron chi connectivity index (χ4n) is 0.653. The van der Waals surface area contributed by atoms with Crippen LogP contribution >= 0.6 is 0 Å². The molecule has 0 saturated heterocycles. The highest BCUT2D eigenvalue weighted by Gasteiger charge is 2.24. The summed E-state index contributed by atoms with van der Waals surface area (Å²) >= 11 is 0. The molecule has 12 heavy (non-hydrogen) atoms. The van der Waals surface area contributed by atoms with Gasteiger partial charge in [0.05, 0.1) is 0 Å². The zero-order chi connectivity index (χ0) is 9.83. The van der Waals surface area contributed by atoms with Crippen molar-refractivity contribution in [2.45, 2.75) is 39.0 Å². The van der Waals surface area contributed by atoms with Crippen LogP contribution in [0.4, 0.5) is 0 Å². The van der Waals surface area contributed by atoms with Gasteiger partial charge in [-0.05, 0) is 27.7 Å². The average molecular weight is 175 g/mol. The van der Waals surface area contributed by atoms with E-state index in [0.717, 1.165) is 0 Å². The van der Waals surface area contributed by atoms with Gasteiger partial charge in [0.15, 0.2) is 5.79 Å². The Balaban J connectivity index is 3.89. The molecule has 0 aromatic carbocycles. The Morgan fingerprint density at radius 3 is 1.67 bits per heavy atom. The van der Waals surface area contributed by atoms with Gasteiger partial charge >= 0.3 is 0 Å². The molecule has 0 unspecified atom stereocenters. The van der Waals surface area contributed by atoms with Crippen LogP contribution in [0.15, 0.2) is 0 Å². The van der Waals surface area contributed by atoms with Crippen LogP contribution in [0.5, 0.6) is 0 Å². The Morgan fingerprint density at radius 1 is 1.00 bits per heavy atom. The van der Waals surface area contributed by atoms with Crippen LogP contribution in [0.2, 0.25) is 0 Å². The van der Waals surface area contributed by atoms with E-state index >= 15 is 0 Å². The number of hydrogen-bond acceptors (Lipinski definition) is 3. The number of rotatable bonds is 4. The lowest BCUT2D eigenvalue weighted by molar-refractivity contribution is -0.191. The highest BCUT2D eigenvalue weighted by Crippen LogP contribution is 2.10. The van der Waals surface area contributed by atoms with Crippen molar-refractivity contribution in [2.24, 2.45) is 0 Å². The molecule has 3 nitrogen and oxygen atoms in total. The minimum Gasteiger partial charge on any atom is -0.352 e. The standard InChI is InChI=1S/C9H21NO2/c1-8(2,3)10-7-9(4,11-5)12-6/h10H,7H2,1-6H3. The normalized spacial score (nSPS) is 13.5. The minimum absolute atomic E-state index is 0.0956. The summed E-state index contributed by atoms with van der Waals surface area (Å²) in [4.78, 5) is 0. The van der Waals surface area contributed by atoms with E-state index in [9.17, 15) is 0 Å². The Labute approximate surface area is 75.4 Å². The van der Waals surface area contributed by atoms with Gasteiger partial charge in [-0.1, -0.05) is 0 Å². The van der Waals surface area contributed by atoms with Crippen LogP contribution in [-0.4, -0.2) is 32.1 Å². The number of nitrogens with one attached hydrogen (secondary N) is 1. The number of methoxy groups -OCH3 is 2. The van der Waals surface area contributed by atoms with Gasteiger partial charge in [0.2, 0.25) is 0 Å². The minimum atomic E-state index is -0.521. The van der Waals surface area contributed by atoms with Crippen molar-refractivity contribution in [2.75, 3.05) is 20.8 Å². The highest BCUT2D eigenvalue weighted by atomic mass is 16.7. The van der Waals surface area contributed by atoms with Crippen molar-refractivity contribution >= 4 is 0 Å². The molecule has 0 radical (unpaired) electrons. The quantitative estimate of drug-likeness (QED) is 0.655. The SMILES string of the molecule is COC(C)(CNC(C)(C)C)OC. The van der Waals surface area contributed by atoms with Crippen molar-refractivity contribution in [3.63, 3.8) is 0 Å². The molecule has 0 aliphatic carbocycles. The van der Waals surface area contributed by atoms with Crippen LogP contribution in [-0.2, 0) is 9.47 Å². The molecule has 3 heteroatoms. The van der Waals surface area contributed by atoms with Crippen molar-refractivity contribution in [1.29, 1.82) is 0 Å². The molecule has 0 bridgehead atoms. The van der Waals surface area contributed by atoms with Gasteiger partial charge in [-0.3, -0.25) is 0 Å². The average Bonchev–Trinajstić information content (AvgIpc) is 1.99. The largest absolute Gasteiger partial charge is 0.352 e. The van der Waals surface area contributed by atoms with Gasteiger partial charge < -0.3 is 14.8 Å². The molecule has 0 aliphatic heterocycles. The molecule has 0 aliphatic rings. The molecule has 0 spiro atoms. The molecular formula is C9H21NO2. The van der Waals surface area contributed by atoms with Gasteiger partial charge in [0.25, 0.3) is 0 Å². The monoisotopic (exact) mass is 175 g/mol. The van der Waals surface area contributed by atoms with Gasteiger partial charge in [0, 0.05) is 26.3 Å². The third-order valence-corrected chi connectivity index (χ3v) is 1.80. The van der Waals surface area contributed by atoms with E-state index in [4.69, 9.17) is 9.47 Å². The first-order valence-corrected chi connectivity index (χ1v) is 4.18. The molecule has 0 saturated carbocycles. The Hall–Kier alpha value is -0.120. The summed E-state index contributed by atoms with van der Waals surface area (Å²) in [6.07, 6.45) is 0. The van der Waals surface area contributed by atoms with E-state index in [0.29, 0.717) is 6.54 Å². The number of ether oxygens (including phenoxy) is 2. The van der Waals surface area contributed by atoms with Gasteiger partial charge in [0.1, 0.15) is 0 Å².